The van der Waals surface area contributed by atoms with Crippen LogP contribution in [0.25, 0.3) is 0 Å². The van der Waals surface area contributed by atoms with Gasteiger partial charge in [0.15, 0.2) is 0 Å². The van der Waals surface area contributed by atoms with Gasteiger partial charge in [-0.3, -0.25) is 0 Å². The van der Waals surface area contributed by atoms with Crippen molar-refractivity contribution in [2.24, 2.45) is 23.3 Å². The van der Waals surface area contributed by atoms with Gasteiger partial charge in [-0.25, -0.2) is 0 Å². The van der Waals surface area contributed by atoms with E-state index in [0.717, 1.165) is 18.3 Å². The molecule has 8 heavy (non-hydrogen) atoms. The molecule has 2 aliphatic carbocycles. The van der Waals surface area contributed by atoms with Gasteiger partial charge in [-0.1, -0.05) is 0 Å². The van der Waals surface area contributed by atoms with Crippen LogP contribution in [0.3, 0.4) is 0 Å². The minimum absolute atomic E-state index is 0.440. The van der Waals surface area contributed by atoms with Crippen LogP contribution in [0.1, 0.15) is 12.8 Å². The number of fused-ring (bicyclic) bond motifs is 1. The van der Waals surface area contributed by atoms with Crippen LogP contribution in [-0.2, 0) is 0 Å². The molecule has 0 radical (unpaired) electrons. The fourth-order valence-electron chi connectivity index (χ4n) is 1.88. The van der Waals surface area contributed by atoms with E-state index in [-0.39, 0.29) is 0 Å². The maximum atomic E-state index is 5.73. The largest absolute Gasteiger partial charge is 0.327 e. The van der Waals surface area contributed by atoms with Gasteiger partial charge < -0.3 is 11.5 Å². The molecule has 0 aromatic heterocycles. The summed E-state index contributed by atoms with van der Waals surface area (Å²) in [5.41, 5.74) is 11.5. The maximum Gasteiger partial charge on any atom is 0.00853 e. The summed E-state index contributed by atoms with van der Waals surface area (Å²) in [5.74, 6) is 1.62. The Morgan fingerprint density at radius 2 is 1.38 bits per heavy atom. The lowest BCUT2D eigenvalue weighted by molar-refractivity contribution is 0.566. The van der Waals surface area contributed by atoms with E-state index in [9.17, 15) is 0 Å². The van der Waals surface area contributed by atoms with E-state index in [1.165, 1.54) is 6.42 Å². The average Bonchev–Trinajstić information content (AvgIpc) is 2.35. The predicted molar refractivity (Wildman–Crippen MR) is 32.2 cm³/mol. The van der Waals surface area contributed by atoms with Crippen molar-refractivity contribution in [3.63, 3.8) is 0 Å². The second-order valence-corrected chi connectivity index (χ2v) is 3.13. The molecule has 0 spiro atoms. The molecule has 0 aromatic rings. The summed E-state index contributed by atoms with van der Waals surface area (Å²) in [6.07, 6.45) is 2.37. The van der Waals surface area contributed by atoms with E-state index in [1.807, 2.05) is 0 Å². The summed E-state index contributed by atoms with van der Waals surface area (Å²) in [5, 5.41) is 0. The van der Waals surface area contributed by atoms with E-state index in [0.29, 0.717) is 12.1 Å². The summed E-state index contributed by atoms with van der Waals surface area (Å²) in [6.45, 7) is 0. The molecule has 0 heterocycles. The zero-order chi connectivity index (χ0) is 5.72. The van der Waals surface area contributed by atoms with E-state index in [2.05, 4.69) is 0 Å². The highest BCUT2D eigenvalue weighted by Gasteiger charge is 2.51. The van der Waals surface area contributed by atoms with Crippen LogP contribution in [0.4, 0.5) is 0 Å². The Kier molecular flexibility index (Phi) is 0.746. The number of nitrogens with two attached hydrogens (primary N) is 2. The third kappa shape index (κ3) is 0.446. The first-order valence-electron chi connectivity index (χ1n) is 3.30. The van der Waals surface area contributed by atoms with Gasteiger partial charge in [-0.15, -0.1) is 0 Å². The lowest BCUT2D eigenvalue weighted by Crippen LogP contribution is -2.26. The molecule has 0 aliphatic heterocycles. The van der Waals surface area contributed by atoms with Gasteiger partial charge in [0.05, 0.1) is 0 Å². The SMILES string of the molecule is NC1CC(N)C2CC12. The Morgan fingerprint density at radius 1 is 0.875 bits per heavy atom. The molecule has 4 atom stereocenters. The van der Waals surface area contributed by atoms with Crippen molar-refractivity contribution >= 4 is 0 Å². The lowest BCUT2D eigenvalue weighted by atomic mass is 10.1. The van der Waals surface area contributed by atoms with Crippen molar-refractivity contribution in [1.82, 2.24) is 0 Å². The van der Waals surface area contributed by atoms with Crippen molar-refractivity contribution < 1.29 is 0 Å². The fourth-order valence-corrected chi connectivity index (χ4v) is 1.88. The molecule has 4 N–H and O–H groups in total. The van der Waals surface area contributed by atoms with Crippen molar-refractivity contribution in [2.75, 3.05) is 0 Å². The highest BCUT2D eigenvalue weighted by atomic mass is 14.8. The lowest BCUT2D eigenvalue weighted by Gasteiger charge is -2.05. The second-order valence-electron chi connectivity index (χ2n) is 3.13. The number of hydrogen-bond donors (Lipinski definition) is 2. The average molecular weight is 112 g/mol. The molecule has 2 saturated carbocycles. The first kappa shape index (κ1) is 4.77. The zero-order valence-corrected chi connectivity index (χ0v) is 4.88. The van der Waals surface area contributed by atoms with Gasteiger partial charge in [0.25, 0.3) is 0 Å². The molecule has 0 aromatic carbocycles. The summed E-state index contributed by atoms with van der Waals surface area (Å²) < 4.78 is 0. The van der Waals surface area contributed by atoms with Crippen LogP contribution in [0.5, 0.6) is 0 Å². The minimum Gasteiger partial charge on any atom is -0.327 e. The highest BCUT2D eigenvalue weighted by Crippen LogP contribution is 2.50. The summed E-state index contributed by atoms with van der Waals surface area (Å²) in [6, 6.07) is 0.880. The summed E-state index contributed by atoms with van der Waals surface area (Å²) in [7, 11) is 0. The van der Waals surface area contributed by atoms with Crippen molar-refractivity contribution in [2.45, 2.75) is 24.9 Å². The minimum atomic E-state index is 0.440. The molecule has 2 aliphatic rings. The normalized spacial score (nSPS) is 60.8. The predicted octanol–water partition coefficient (Wildman–Crippen LogP) is -0.319. The van der Waals surface area contributed by atoms with E-state index in [1.54, 1.807) is 0 Å². The van der Waals surface area contributed by atoms with E-state index in [4.69, 9.17) is 11.5 Å². The maximum absolute atomic E-state index is 5.73. The number of rotatable bonds is 0. The van der Waals surface area contributed by atoms with Crippen LogP contribution < -0.4 is 11.5 Å². The molecule has 46 valence electrons. The highest BCUT2D eigenvalue weighted by molar-refractivity contribution is 5.06. The Bertz CT molecular complexity index is 97.1. The number of hydrogen-bond acceptors (Lipinski definition) is 2. The Balaban J connectivity index is 2.09. The molecular formula is C6H12N2. The Hall–Kier alpha value is -0.0800. The first-order chi connectivity index (χ1) is 3.79. The summed E-state index contributed by atoms with van der Waals surface area (Å²) in [4.78, 5) is 0. The van der Waals surface area contributed by atoms with Gasteiger partial charge >= 0.3 is 0 Å². The van der Waals surface area contributed by atoms with Crippen molar-refractivity contribution in [1.29, 1.82) is 0 Å². The Labute approximate surface area is 49.2 Å². The van der Waals surface area contributed by atoms with Crippen LogP contribution in [0, 0.1) is 11.8 Å². The van der Waals surface area contributed by atoms with Gasteiger partial charge in [0, 0.05) is 12.1 Å². The van der Waals surface area contributed by atoms with Gasteiger partial charge in [-0.2, -0.15) is 0 Å². The first-order valence-corrected chi connectivity index (χ1v) is 3.30. The Morgan fingerprint density at radius 3 is 1.50 bits per heavy atom. The van der Waals surface area contributed by atoms with Crippen LogP contribution in [0.2, 0.25) is 0 Å². The van der Waals surface area contributed by atoms with Crippen molar-refractivity contribution in [3.8, 4) is 0 Å². The molecule has 2 nitrogen and oxygen atoms in total. The van der Waals surface area contributed by atoms with Crippen molar-refractivity contribution in [3.05, 3.63) is 0 Å². The third-order valence-corrected chi connectivity index (χ3v) is 2.54. The molecule has 4 unspecified atom stereocenters. The van der Waals surface area contributed by atoms with Gasteiger partial charge in [0.2, 0.25) is 0 Å². The van der Waals surface area contributed by atoms with Gasteiger partial charge in [0.1, 0.15) is 0 Å². The molecule has 2 fully saturated rings. The van der Waals surface area contributed by atoms with Crippen LogP contribution >= 0.6 is 0 Å². The second kappa shape index (κ2) is 1.25. The monoisotopic (exact) mass is 112 g/mol. The van der Waals surface area contributed by atoms with Crippen LogP contribution in [0.15, 0.2) is 0 Å². The molecule has 0 amide bonds. The fraction of sp³-hybridized carbons (Fsp3) is 1.00. The standard InChI is InChI=1S/C6H12N2/c7-5-2-6(8)4-1-3(4)5/h3-6H,1-2,7-8H2. The molecule has 2 heteroatoms. The third-order valence-electron chi connectivity index (χ3n) is 2.54. The van der Waals surface area contributed by atoms with E-state index >= 15 is 0 Å². The molecule has 0 bridgehead atoms. The van der Waals surface area contributed by atoms with Crippen LogP contribution in [-0.4, -0.2) is 12.1 Å². The summed E-state index contributed by atoms with van der Waals surface area (Å²) >= 11 is 0. The van der Waals surface area contributed by atoms with E-state index < -0.39 is 0 Å². The molecule has 0 saturated heterocycles. The molecular weight excluding hydrogens is 100 g/mol. The quantitative estimate of drug-likeness (QED) is 0.451. The smallest absolute Gasteiger partial charge is 0.00853 e. The zero-order valence-electron chi connectivity index (χ0n) is 4.88. The topological polar surface area (TPSA) is 52.0 Å². The van der Waals surface area contributed by atoms with Gasteiger partial charge in [-0.05, 0) is 24.7 Å². The molecule has 2 rings (SSSR count).